The van der Waals surface area contributed by atoms with Crippen LogP contribution in [0.25, 0.3) is 10.9 Å². The van der Waals surface area contributed by atoms with Crippen LogP contribution in [0.5, 0.6) is 0 Å². The number of rotatable bonds is 2. The summed E-state index contributed by atoms with van der Waals surface area (Å²) in [4.78, 5) is 29.2. The Hall–Kier alpha value is -2.37. The van der Waals surface area contributed by atoms with Gasteiger partial charge in [-0.2, -0.15) is 0 Å². The summed E-state index contributed by atoms with van der Waals surface area (Å²) >= 11 is 0. The lowest BCUT2D eigenvalue weighted by Crippen LogP contribution is -2.43. The average Bonchev–Trinajstić information content (AvgIpc) is 3.20. The van der Waals surface area contributed by atoms with Crippen LogP contribution in [0, 0.1) is 11.7 Å². The van der Waals surface area contributed by atoms with E-state index in [2.05, 4.69) is 10.3 Å². The highest BCUT2D eigenvalue weighted by Gasteiger charge is 2.35. The first-order valence-electron chi connectivity index (χ1n) is 8.46. The number of carbonyl (C=O) groups is 2. The van der Waals surface area contributed by atoms with Crippen molar-refractivity contribution in [2.45, 2.75) is 25.2 Å². The maximum Gasteiger partial charge on any atom is 0.235 e. The van der Waals surface area contributed by atoms with Gasteiger partial charge < -0.3 is 15.2 Å². The van der Waals surface area contributed by atoms with Gasteiger partial charge in [0.2, 0.25) is 11.8 Å². The fourth-order valence-corrected chi connectivity index (χ4v) is 3.91. The molecular weight excluding hydrogens is 309 g/mol. The zero-order valence-electron chi connectivity index (χ0n) is 13.3. The molecule has 2 N–H and O–H groups in total. The molecule has 6 heteroatoms. The molecule has 2 aliphatic rings. The Balaban J connectivity index is 1.46. The number of nitrogens with one attached hydrogen (secondary N) is 2. The first-order chi connectivity index (χ1) is 11.6. The molecule has 2 aromatic rings. The molecule has 1 atom stereocenters. The maximum absolute atomic E-state index is 13.5. The van der Waals surface area contributed by atoms with Gasteiger partial charge in [-0.25, -0.2) is 4.39 Å². The summed E-state index contributed by atoms with van der Waals surface area (Å²) in [7, 11) is 0. The zero-order chi connectivity index (χ0) is 16.7. The number of likely N-dealkylation sites (tertiary alicyclic amines) is 1. The SMILES string of the molecule is O=C1NCCC1C(=O)N1CCC(c2c[nH]c3ccc(F)cc23)CC1. The Morgan fingerprint density at radius 2 is 2.00 bits per heavy atom. The summed E-state index contributed by atoms with van der Waals surface area (Å²) in [5.74, 6) is -0.628. The van der Waals surface area contributed by atoms with E-state index in [-0.39, 0.29) is 17.6 Å². The van der Waals surface area contributed by atoms with Crippen molar-refractivity contribution in [3.05, 3.63) is 35.8 Å². The highest BCUT2D eigenvalue weighted by molar-refractivity contribution is 6.01. The third kappa shape index (κ3) is 2.56. The van der Waals surface area contributed by atoms with Crippen LogP contribution in [-0.4, -0.2) is 41.3 Å². The molecule has 5 nitrogen and oxygen atoms in total. The molecule has 2 saturated heterocycles. The molecule has 2 aliphatic heterocycles. The van der Waals surface area contributed by atoms with Gasteiger partial charge in [0.1, 0.15) is 11.7 Å². The predicted octanol–water partition coefficient (Wildman–Crippen LogP) is 2.15. The Labute approximate surface area is 139 Å². The van der Waals surface area contributed by atoms with E-state index >= 15 is 0 Å². The first kappa shape index (κ1) is 15.2. The minimum atomic E-state index is -0.510. The fraction of sp³-hybridized carbons (Fsp3) is 0.444. The number of halogens is 1. The van der Waals surface area contributed by atoms with Crippen molar-refractivity contribution in [2.24, 2.45) is 5.92 Å². The monoisotopic (exact) mass is 329 g/mol. The number of H-pyrrole nitrogens is 1. The van der Waals surface area contributed by atoms with Gasteiger partial charge in [-0.15, -0.1) is 0 Å². The standard InChI is InChI=1S/C18H20FN3O2/c19-12-1-2-16-14(9-12)15(10-21-16)11-4-7-22(8-5-11)18(24)13-3-6-20-17(13)23/h1-2,9-11,13,21H,3-8H2,(H,20,23). The van der Waals surface area contributed by atoms with Crippen LogP contribution in [0.3, 0.4) is 0 Å². The third-order valence-electron chi connectivity index (χ3n) is 5.27. The summed E-state index contributed by atoms with van der Waals surface area (Å²) in [6, 6.07) is 4.78. The minimum absolute atomic E-state index is 0.0478. The Kier molecular flexibility index (Phi) is 3.75. The van der Waals surface area contributed by atoms with E-state index in [4.69, 9.17) is 0 Å². The predicted molar refractivity (Wildman–Crippen MR) is 87.9 cm³/mol. The van der Waals surface area contributed by atoms with Crippen molar-refractivity contribution >= 4 is 22.7 Å². The number of benzene rings is 1. The molecule has 3 heterocycles. The Bertz CT molecular complexity index is 793. The van der Waals surface area contributed by atoms with Crippen molar-refractivity contribution in [3.63, 3.8) is 0 Å². The van der Waals surface area contributed by atoms with Crippen LogP contribution in [0.1, 0.15) is 30.7 Å². The van der Waals surface area contributed by atoms with Crippen LogP contribution in [0.15, 0.2) is 24.4 Å². The van der Waals surface area contributed by atoms with Gasteiger partial charge in [-0.05, 0) is 48.9 Å². The van der Waals surface area contributed by atoms with E-state index in [1.165, 1.54) is 6.07 Å². The summed E-state index contributed by atoms with van der Waals surface area (Å²) in [6.07, 6.45) is 4.23. The summed E-state index contributed by atoms with van der Waals surface area (Å²) in [5, 5.41) is 3.65. The van der Waals surface area contributed by atoms with Crippen LogP contribution < -0.4 is 5.32 Å². The maximum atomic E-state index is 13.5. The molecule has 1 unspecified atom stereocenters. The highest BCUT2D eigenvalue weighted by atomic mass is 19.1. The lowest BCUT2D eigenvalue weighted by Gasteiger charge is -2.33. The second kappa shape index (κ2) is 5.92. The number of hydrogen-bond acceptors (Lipinski definition) is 2. The van der Waals surface area contributed by atoms with Crippen LogP contribution in [0.4, 0.5) is 4.39 Å². The van der Waals surface area contributed by atoms with E-state index in [1.54, 1.807) is 12.1 Å². The lowest BCUT2D eigenvalue weighted by atomic mass is 9.88. The van der Waals surface area contributed by atoms with E-state index < -0.39 is 5.92 Å². The number of aromatic amines is 1. The molecule has 0 radical (unpaired) electrons. The van der Waals surface area contributed by atoms with Gasteiger partial charge in [0.15, 0.2) is 0 Å². The summed E-state index contributed by atoms with van der Waals surface area (Å²) < 4.78 is 13.5. The van der Waals surface area contributed by atoms with Gasteiger partial charge in [0, 0.05) is 36.7 Å². The van der Waals surface area contributed by atoms with E-state index in [0.29, 0.717) is 32.0 Å². The molecule has 0 spiro atoms. The number of piperidine rings is 1. The molecule has 4 rings (SSSR count). The molecule has 2 amide bonds. The number of fused-ring (bicyclic) bond motifs is 1. The second-order valence-electron chi connectivity index (χ2n) is 6.67. The van der Waals surface area contributed by atoms with E-state index in [9.17, 15) is 14.0 Å². The van der Waals surface area contributed by atoms with Crippen molar-refractivity contribution < 1.29 is 14.0 Å². The smallest absolute Gasteiger partial charge is 0.235 e. The fourth-order valence-electron chi connectivity index (χ4n) is 3.91. The van der Waals surface area contributed by atoms with Gasteiger partial charge in [-0.3, -0.25) is 9.59 Å². The quantitative estimate of drug-likeness (QED) is 0.829. The Morgan fingerprint density at radius 3 is 2.71 bits per heavy atom. The largest absolute Gasteiger partial charge is 0.361 e. The number of amides is 2. The molecule has 1 aromatic heterocycles. The molecule has 24 heavy (non-hydrogen) atoms. The van der Waals surface area contributed by atoms with Crippen molar-refractivity contribution in [2.75, 3.05) is 19.6 Å². The number of carbonyl (C=O) groups excluding carboxylic acids is 2. The van der Waals surface area contributed by atoms with Crippen LogP contribution >= 0.6 is 0 Å². The molecule has 0 bridgehead atoms. The Morgan fingerprint density at radius 1 is 1.21 bits per heavy atom. The number of hydrogen-bond donors (Lipinski definition) is 2. The highest BCUT2D eigenvalue weighted by Crippen LogP contribution is 2.34. The molecule has 1 aromatic carbocycles. The third-order valence-corrected chi connectivity index (χ3v) is 5.27. The minimum Gasteiger partial charge on any atom is -0.361 e. The number of aromatic nitrogens is 1. The lowest BCUT2D eigenvalue weighted by molar-refractivity contribution is -0.141. The zero-order valence-corrected chi connectivity index (χ0v) is 13.3. The molecule has 2 fully saturated rings. The second-order valence-corrected chi connectivity index (χ2v) is 6.67. The normalized spacial score (nSPS) is 22.1. The molecule has 126 valence electrons. The summed E-state index contributed by atoms with van der Waals surface area (Å²) in [6.45, 7) is 1.89. The average molecular weight is 329 g/mol. The molecule has 0 saturated carbocycles. The topological polar surface area (TPSA) is 65.2 Å². The van der Waals surface area contributed by atoms with Gasteiger partial charge in [0.05, 0.1) is 0 Å². The van der Waals surface area contributed by atoms with Crippen LogP contribution in [0.2, 0.25) is 0 Å². The van der Waals surface area contributed by atoms with Crippen molar-refractivity contribution in [1.82, 2.24) is 15.2 Å². The van der Waals surface area contributed by atoms with Gasteiger partial charge in [-0.1, -0.05) is 0 Å². The van der Waals surface area contributed by atoms with E-state index in [1.807, 2.05) is 11.1 Å². The summed E-state index contributed by atoms with van der Waals surface area (Å²) in [5.41, 5.74) is 2.06. The van der Waals surface area contributed by atoms with Gasteiger partial charge in [0.25, 0.3) is 0 Å². The van der Waals surface area contributed by atoms with Gasteiger partial charge >= 0.3 is 0 Å². The van der Waals surface area contributed by atoms with E-state index in [0.717, 1.165) is 29.3 Å². The molecule has 0 aliphatic carbocycles. The number of nitrogens with zero attached hydrogens (tertiary/aromatic N) is 1. The molecular formula is C18H20FN3O2. The van der Waals surface area contributed by atoms with Crippen molar-refractivity contribution in [3.8, 4) is 0 Å². The van der Waals surface area contributed by atoms with Crippen LogP contribution in [-0.2, 0) is 9.59 Å². The first-order valence-corrected chi connectivity index (χ1v) is 8.46. The van der Waals surface area contributed by atoms with Crippen molar-refractivity contribution in [1.29, 1.82) is 0 Å².